The summed E-state index contributed by atoms with van der Waals surface area (Å²) >= 11 is 0. The number of esters is 2. The Morgan fingerprint density at radius 2 is 1.08 bits per heavy atom. The lowest BCUT2D eigenvalue weighted by molar-refractivity contribution is -0.206. The Morgan fingerprint density at radius 1 is 0.620 bits per heavy atom. The number of benzene rings is 2. The Bertz CT molecular complexity index is 1380. The van der Waals surface area contributed by atoms with Crippen molar-refractivity contribution in [2.45, 2.75) is 148 Å². The molecule has 0 unspecified atom stereocenters. The molecule has 0 aliphatic rings. The molecule has 1 aromatic heterocycles. The molecule has 0 fully saturated rings. The van der Waals surface area contributed by atoms with Crippen molar-refractivity contribution in [3.8, 4) is 17.1 Å². The lowest BCUT2D eigenvalue weighted by Crippen LogP contribution is -2.33. The van der Waals surface area contributed by atoms with Gasteiger partial charge < -0.3 is 9.47 Å². The predicted molar refractivity (Wildman–Crippen MR) is 192 cm³/mol. The van der Waals surface area contributed by atoms with Crippen LogP contribution in [0.25, 0.3) is 11.4 Å². The smallest absolute Gasteiger partial charge is 0.425 e. The van der Waals surface area contributed by atoms with Gasteiger partial charge in [-0.2, -0.15) is 13.2 Å². The van der Waals surface area contributed by atoms with Gasteiger partial charge >= 0.3 is 18.1 Å². The van der Waals surface area contributed by atoms with E-state index in [1.165, 1.54) is 88.5 Å². The van der Waals surface area contributed by atoms with Crippen molar-refractivity contribution in [1.82, 2.24) is 9.97 Å². The molecule has 0 bridgehead atoms. The molecule has 1 heterocycles. The van der Waals surface area contributed by atoms with E-state index in [9.17, 15) is 22.8 Å². The Hall–Kier alpha value is -3.75. The summed E-state index contributed by atoms with van der Waals surface area (Å²) in [5.41, 5.74) is 2.11. The van der Waals surface area contributed by atoms with E-state index in [-0.39, 0.29) is 17.7 Å². The van der Waals surface area contributed by atoms with Crippen LogP contribution in [0.3, 0.4) is 0 Å². The van der Waals surface area contributed by atoms with Gasteiger partial charge in [0, 0.05) is 18.0 Å². The van der Waals surface area contributed by atoms with E-state index in [2.05, 4.69) is 23.8 Å². The van der Waals surface area contributed by atoms with E-state index < -0.39 is 24.2 Å². The molecule has 274 valence electrons. The second-order valence-corrected chi connectivity index (χ2v) is 13.2. The van der Waals surface area contributed by atoms with Crippen LogP contribution in [0.15, 0.2) is 60.9 Å². The summed E-state index contributed by atoms with van der Waals surface area (Å²) in [6.07, 6.45) is 16.9. The Labute approximate surface area is 296 Å². The second kappa shape index (κ2) is 22.9. The van der Waals surface area contributed by atoms with Crippen LogP contribution in [0.1, 0.15) is 156 Å². The van der Waals surface area contributed by atoms with Crippen LogP contribution in [0.2, 0.25) is 0 Å². The first-order valence-corrected chi connectivity index (χ1v) is 18.7. The molecule has 0 saturated heterocycles. The van der Waals surface area contributed by atoms with Gasteiger partial charge in [-0.05, 0) is 67.6 Å². The molecule has 0 radical (unpaired) electrons. The predicted octanol–water partition coefficient (Wildman–Crippen LogP) is 12.1. The summed E-state index contributed by atoms with van der Waals surface area (Å²) in [4.78, 5) is 34.3. The Balaban J connectivity index is 1.40. The molecule has 50 heavy (non-hydrogen) atoms. The number of halogens is 3. The van der Waals surface area contributed by atoms with Crippen LogP contribution in [0, 0.1) is 0 Å². The molecule has 0 N–H and O–H groups in total. The molecule has 0 saturated carbocycles. The summed E-state index contributed by atoms with van der Waals surface area (Å²) in [6, 6.07) is 12.0. The van der Waals surface area contributed by atoms with Gasteiger partial charge in [0.05, 0.1) is 11.1 Å². The minimum Gasteiger partial charge on any atom is -0.449 e. The summed E-state index contributed by atoms with van der Waals surface area (Å²) < 4.78 is 50.8. The third kappa shape index (κ3) is 15.4. The fraction of sp³-hybridized carbons (Fsp3) is 0.561. The number of hydrogen-bond acceptors (Lipinski definition) is 6. The molecule has 6 nitrogen and oxygen atoms in total. The van der Waals surface area contributed by atoms with Crippen molar-refractivity contribution in [2.24, 2.45) is 0 Å². The lowest BCUT2D eigenvalue weighted by atomic mass is 10.0. The zero-order chi connectivity index (χ0) is 36.0. The van der Waals surface area contributed by atoms with Gasteiger partial charge in [-0.1, -0.05) is 122 Å². The zero-order valence-electron chi connectivity index (χ0n) is 29.9. The highest BCUT2D eigenvalue weighted by atomic mass is 19.4. The molecule has 3 aromatic rings. The Kier molecular flexibility index (Phi) is 18.6. The topological polar surface area (TPSA) is 78.4 Å². The molecule has 1 atom stereocenters. The van der Waals surface area contributed by atoms with Crippen molar-refractivity contribution < 1.29 is 32.2 Å². The molecule has 9 heteroatoms. The van der Waals surface area contributed by atoms with Crippen LogP contribution >= 0.6 is 0 Å². The average Bonchev–Trinajstić information content (AvgIpc) is 3.11. The van der Waals surface area contributed by atoms with Gasteiger partial charge in [0.2, 0.25) is 0 Å². The molecule has 0 aliphatic carbocycles. The van der Waals surface area contributed by atoms with Crippen LogP contribution in [-0.4, -0.2) is 34.2 Å². The number of nitrogens with zero attached hydrogens (tertiary/aromatic N) is 2. The number of ether oxygens (including phenoxy) is 2. The monoisotopic (exact) mass is 696 g/mol. The number of carbonyl (C=O) groups is 2. The maximum atomic E-state index is 13.5. The minimum atomic E-state index is -4.65. The van der Waals surface area contributed by atoms with Crippen molar-refractivity contribution in [2.75, 3.05) is 0 Å². The maximum absolute atomic E-state index is 13.5. The summed E-state index contributed by atoms with van der Waals surface area (Å²) in [5.74, 6) is -0.982. The maximum Gasteiger partial charge on any atom is 0.425 e. The number of aromatic nitrogens is 2. The van der Waals surface area contributed by atoms with Crippen molar-refractivity contribution in [3.05, 3.63) is 77.6 Å². The summed E-state index contributed by atoms with van der Waals surface area (Å²) in [7, 11) is 0. The second-order valence-electron chi connectivity index (χ2n) is 13.2. The van der Waals surface area contributed by atoms with E-state index in [1.54, 1.807) is 24.3 Å². The number of alkyl halides is 3. The number of carbonyl (C=O) groups excluding carboxylic acids is 2. The van der Waals surface area contributed by atoms with Gasteiger partial charge in [0.1, 0.15) is 5.75 Å². The molecule has 2 aromatic carbocycles. The zero-order valence-corrected chi connectivity index (χ0v) is 29.9. The quantitative estimate of drug-likeness (QED) is 0.0527. The van der Waals surface area contributed by atoms with E-state index in [0.29, 0.717) is 24.2 Å². The van der Waals surface area contributed by atoms with E-state index in [0.717, 1.165) is 49.7 Å². The largest absolute Gasteiger partial charge is 0.449 e. The van der Waals surface area contributed by atoms with E-state index in [4.69, 9.17) is 9.47 Å². The molecular weight excluding hydrogens is 641 g/mol. The normalized spacial score (nSPS) is 12.1. The van der Waals surface area contributed by atoms with E-state index >= 15 is 0 Å². The first-order chi connectivity index (χ1) is 24.2. The molecule has 0 aliphatic heterocycles. The number of hydrogen-bond donors (Lipinski definition) is 0. The lowest BCUT2D eigenvalue weighted by Gasteiger charge is -2.20. The van der Waals surface area contributed by atoms with Gasteiger partial charge in [-0.3, -0.25) is 0 Å². The number of unbranched alkanes of at least 4 members (excludes halogenated alkanes) is 15. The molecule has 0 amide bonds. The fourth-order valence-electron chi connectivity index (χ4n) is 5.80. The van der Waals surface area contributed by atoms with Crippen LogP contribution in [-0.2, 0) is 11.2 Å². The Morgan fingerprint density at radius 3 is 1.60 bits per heavy atom. The van der Waals surface area contributed by atoms with Gasteiger partial charge in [0.25, 0.3) is 0 Å². The molecular formula is C41H55F3N2O4. The van der Waals surface area contributed by atoms with Crippen molar-refractivity contribution in [3.63, 3.8) is 0 Å². The average molecular weight is 697 g/mol. The van der Waals surface area contributed by atoms with Gasteiger partial charge in [-0.25, -0.2) is 19.6 Å². The summed E-state index contributed by atoms with van der Waals surface area (Å²) in [5, 5.41) is 0. The van der Waals surface area contributed by atoms with Crippen LogP contribution < -0.4 is 4.74 Å². The molecule has 3 rings (SSSR count). The highest BCUT2D eigenvalue weighted by Gasteiger charge is 2.42. The van der Waals surface area contributed by atoms with Gasteiger partial charge in [0.15, 0.2) is 11.9 Å². The highest BCUT2D eigenvalue weighted by molar-refractivity contribution is 5.92. The van der Waals surface area contributed by atoms with Crippen LogP contribution in [0.5, 0.6) is 5.75 Å². The highest BCUT2D eigenvalue weighted by Crippen LogP contribution is 2.29. The number of aryl methyl sites for hydroxylation is 1. The van der Waals surface area contributed by atoms with Gasteiger partial charge in [-0.15, -0.1) is 0 Å². The minimum absolute atomic E-state index is 0.0591. The van der Waals surface area contributed by atoms with E-state index in [1.807, 2.05) is 12.4 Å². The molecule has 0 spiro atoms. The SMILES string of the molecule is CCCCCCCCCCCCCc1cnc(-c2ccc(C(=O)Oc3ccc(C(=O)O[C@H](CCCCCCCC)C(F)(F)F)cc3)cc2)nc1. The first-order valence-electron chi connectivity index (χ1n) is 18.7. The number of rotatable bonds is 24. The third-order valence-corrected chi connectivity index (χ3v) is 8.89. The summed E-state index contributed by atoms with van der Waals surface area (Å²) in [6.45, 7) is 4.32. The third-order valence-electron chi connectivity index (χ3n) is 8.89. The van der Waals surface area contributed by atoms with Crippen molar-refractivity contribution in [1.29, 1.82) is 0 Å². The standard InChI is InChI=1S/C41H55F3N2O4/c1-3-5-7-9-11-12-13-14-15-16-18-20-32-30-45-38(46-31-32)33-22-24-34(25-23-33)39(47)49-36-28-26-35(27-29-36)40(48)50-37(41(42,43)44)21-19-17-10-8-6-4-2/h22-31,37H,3-21H2,1-2H3/t37-/m1/s1. The van der Waals surface area contributed by atoms with Crippen LogP contribution in [0.4, 0.5) is 13.2 Å². The fourth-order valence-corrected chi connectivity index (χ4v) is 5.80. The first kappa shape index (κ1) is 40.7. The van der Waals surface area contributed by atoms with Crippen molar-refractivity contribution >= 4 is 11.9 Å².